The van der Waals surface area contributed by atoms with E-state index in [4.69, 9.17) is 5.11 Å². The van der Waals surface area contributed by atoms with E-state index in [1.165, 1.54) is 0 Å². The highest BCUT2D eigenvalue weighted by Crippen LogP contribution is 2.29. The molecule has 0 radical (unpaired) electrons. The van der Waals surface area contributed by atoms with Crippen molar-refractivity contribution in [2.75, 3.05) is 11.9 Å². The van der Waals surface area contributed by atoms with Crippen molar-refractivity contribution < 1.29 is 9.90 Å². The Hall–Kier alpha value is -1.52. The quantitative estimate of drug-likeness (QED) is 0.775. The molecule has 0 aliphatic carbocycles. The van der Waals surface area contributed by atoms with Gasteiger partial charge in [0.15, 0.2) is 5.69 Å². The summed E-state index contributed by atoms with van der Waals surface area (Å²) < 4.78 is 1.77. The smallest absolute Gasteiger partial charge is 0.356 e. The lowest BCUT2D eigenvalue weighted by molar-refractivity contribution is 0.0688. The number of hydrogen-bond acceptors (Lipinski definition) is 3. The number of carbonyl (C=O) groups is 1. The average molecular weight is 209 g/mol. The van der Waals surface area contributed by atoms with Gasteiger partial charge in [-0.2, -0.15) is 5.10 Å². The highest BCUT2D eigenvalue weighted by molar-refractivity contribution is 5.89. The van der Waals surface area contributed by atoms with E-state index in [0.717, 1.165) is 30.9 Å². The Morgan fingerprint density at radius 1 is 1.60 bits per heavy atom. The molecule has 2 N–H and O–H groups in total. The summed E-state index contributed by atoms with van der Waals surface area (Å²) in [6.45, 7) is 5.67. The lowest BCUT2D eigenvalue weighted by Gasteiger charge is -2.17. The number of aromatic nitrogens is 2. The summed E-state index contributed by atoms with van der Waals surface area (Å²) in [5.74, 6) is 0.113. The summed E-state index contributed by atoms with van der Waals surface area (Å²) >= 11 is 0. The van der Waals surface area contributed by atoms with E-state index in [0.29, 0.717) is 0 Å². The van der Waals surface area contributed by atoms with Crippen LogP contribution in [0.5, 0.6) is 0 Å². The normalized spacial score (nSPS) is 14.9. The number of hydrogen-bond donors (Lipinski definition) is 2. The molecule has 1 aromatic rings. The molecule has 0 unspecified atom stereocenters. The van der Waals surface area contributed by atoms with Crippen LogP contribution in [-0.4, -0.2) is 27.4 Å². The number of rotatable bonds is 2. The Balaban J connectivity index is 2.56. The van der Waals surface area contributed by atoms with Gasteiger partial charge in [0.05, 0.1) is 0 Å². The van der Waals surface area contributed by atoms with Gasteiger partial charge in [-0.1, -0.05) is 13.8 Å². The molecule has 0 atom stereocenters. The van der Waals surface area contributed by atoms with Gasteiger partial charge in [0.1, 0.15) is 5.82 Å². The van der Waals surface area contributed by atoms with Crippen molar-refractivity contribution >= 4 is 11.8 Å². The molecule has 2 heterocycles. The molecule has 1 aromatic heterocycles. The largest absolute Gasteiger partial charge is 0.476 e. The predicted octanol–water partition coefficient (Wildman–Crippen LogP) is 1.52. The van der Waals surface area contributed by atoms with Crippen LogP contribution in [0.2, 0.25) is 0 Å². The number of fused-ring (bicyclic) bond motifs is 1. The highest BCUT2D eigenvalue weighted by Gasteiger charge is 2.25. The van der Waals surface area contributed by atoms with Gasteiger partial charge in [-0.3, -0.25) is 0 Å². The number of carboxylic acids is 1. The third-order valence-electron chi connectivity index (χ3n) is 2.61. The summed E-state index contributed by atoms with van der Waals surface area (Å²) in [5, 5.41) is 16.4. The van der Waals surface area contributed by atoms with Gasteiger partial charge in [-0.15, -0.1) is 0 Å². The van der Waals surface area contributed by atoms with Crippen molar-refractivity contribution in [1.29, 1.82) is 0 Å². The van der Waals surface area contributed by atoms with Gasteiger partial charge < -0.3 is 10.4 Å². The highest BCUT2D eigenvalue weighted by atomic mass is 16.4. The van der Waals surface area contributed by atoms with Crippen LogP contribution in [-0.2, 0) is 6.54 Å². The molecule has 5 nitrogen and oxygen atoms in total. The molecule has 1 aliphatic heterocycles. The minimum absolute atomic E-state index is 0.172. The fraction of sp³-hybridized carbons (Fsp3) is 0.600. The van der Waals surface area contributed by atoms with Crippen molar-refractivity contribution in [3.63, 3.8) is 0 Å². The number of nitrogens with one attached hydrogen (secondary N) is 1. The SMILES string of the molecule is CC(C)c1c(C(=O)O)nn2c1NCCC2. The van der Waals surface area contributed by atoms with E-state index in [-0.39, 0.29) is 11.6 Å². The summed E-state index contributed by atoms with van der Waals surface area (Å²) in [6, 6.07) is 0. The lowest BCUT2D eigenvalue weighted by atomic mass is 10.0. The zero-order valence-corrected chi connectivity index (χ0v) is 8.95. The van der Waals surface area contributed by atoms with Crippen molar-refractivity contribution in [2.45, 2.75) is 32.7 Å². The fourth-order valence-electron chi connectivity index (χ4n) is 1.96. The monoisotopic (exact) mass is 209 g/mol. The molecule has 15 heavy (non-hydrogen) atoms. The molecule has 0 saturated heterocycles. The summed E-state index contributed by atoms with van der Waals surface area (Å²) in [7, 11) is 0. The molecule has 0 fully saturated rings. The number of aryl methyl sites for hydroxylation is 1. The van der Waals surface area contributed by atoms with E-state index in [1.807, 2.05) is 13.8 Å². The second-order valence-corrected chi connectivity index (χ2v) is 4.07. The number of nitrogens with zero attached hydrogens (tertiary/aromatic N) is 2. The van der Waals surface area contributed by atoms with Crippen molar-refractivity contribution in [1.82, 2.24) is 9.78 Å². The van der Waals surface area contributed by atoms with Gasteiger partial charge >= 0.3 is 5.97 Å². The second-order valence-electron chi connectivity index (χ2n) is 4.07. The third kappa shape index (κ3) is 1.58. The van der Waals surface area contributed by atoms with E-state index in [1.54, 1.807) is 4.68 Å². The standard InChI is InChI=1S/C10H15N3O2/c1-6(2)7-8(10(14)15)12-13-5-3-4-11-9(7)13/h6,11H,3-5H2,1-2H3,(H,14,15). The first-order chi connectivity index (χ1) is 7.11. The van der Waals surface area contributed by atoms with Gasteiger partial charge in [0.2, 0.25) is 0 Å². The average Bonchev–Trinajstić information content (AvgIpc) is 2.56. The van der Waals surface area contributed by atoms with Crippen LogP contribution in [0.4, 0.5) is 5.82 Å². The molecule has 5 heteroatoms. The first-order valence-corrected chi connectivity index (χ1v) is 5.19. The molecule has 1 aliphatic rings. The van der Waals surface area contributed by atoms with Crippen LogP contribution in [0.15, 0.2) is 0 Å². The molecule has 0 amide bonds. The zero-order valence-electron chi connectivity index (χ0n) is 8.95. The van der Waals surface area contributed by atoms with Crippen molar-refractivity contribution in [2.24, 2.45) is 0 Å². The van der Waals surface area contributed by atoms with Gasteiger partial charge in [-0.05, 0) is 12.3 Å². The van der Waals surface area contributed by atoms with Crippen LogP contribution in [0.3, 0.4) is 0 Å². The maximum atomic E-state index is 11.0. The minimum atomic E-state index is -0.942. The number of carboxylic acid groups (broad SMARTS) is 1. The first kappa shape index (κ1) is 10.0. The van der Waals surface area contributed by atoms with Crippen LogP contribution >= 0.6 is 0 Å². The second kappa shape index (κ2) is 3.56. The topological polar surface area (TPSA) is 67.1 Å². The first-order valence-electron chi connectivity index (χ1n) is 5.19. The predicted molar refractivity (Wildman–Crippen MR) is 56.4 cm³/mol. The van der Waals surface area contributed by atoms with Crippen LogP contribution < -0.4 is 5.32 Å². The Kier molecular flexibility index (Phi) is 2.38. The number of anilines is 1. The van der Waals surface area contributed by atoms with Gasteiger partial charge in [0.25, 0.3) is 0 Å². The lowest BCUT2D eigenvalue weighted by Crippen LogP contribution is -2.18. The summed E-state index contributed by atoms with van der Waals surface area (Å²) in [4.78, 5) is 11.0. The summed E-state index contributed by atoms with van der Waals surface area (Å²) in [5.41, 5.74) is 1.01. The van der Waals surface area contributed by atoms with Crippen LogP contribution in [0.25, 0.3) is 0 Å². The van der Waals surface area contributed by atoms with E-state index in [2.05, 4.69) is 10.4 Å². The zero-order chi connectivity index (χ0) is 11.0. The molecule has 82 valence electrons. The van der Waals surface area contributed by atoms with Gasteiger partial charge in [-0.25, -0.2) is 9.48 Å². The molecule has 0 bridgehead atoms. The molecule has 0 aromatic carbocycles. The van der Waals surface area contributed by atoms with Crippen LogP contribution in [0.1, 0.15) is 42.2 Å². The maximum absolute atomic E-state index is 11.0. The Bertz CT molecular complexity index is 396. The van der Waals surface area contributed by atoms with Crippen molar-refractivity contribution in [3.8, 4) is 0 Å². The Morgan fingerprint density at radius 2 is 2.33 bits per heavy atom. The Labute approximate surface area is 88.1 Å². The van der Waals surface area contributed by atoms with E-state index >= 15 is 0 Å². The molecule has 0 saturated carbocycles. The molecule has 0 spiro atoms. The molecular weight excluding hydrogens is 194 g/mol. The van der Waals surface area contributed by atoms with Crippen molar-refractivity contribution in [3.05, 3.63) is 11.3 Å². The van der Waals surface area contributed by atoms with Crippen LogP contribution in [0, 0.1) is 0 Å². The molecular formula is C10H15N3O2. The third-order valence-corrected chi connectivity index (χ3v) is 2.61. The Morgan fingerprint density at radius 3 is 2.93 bits per heavy atom. The maximum Gasteiger partial charge on any atom is 0.356 e. The van der Waals surface area contributed by atoms with E-state index in [9.17, 15) is 4.79 Å². The van der Waals surface area contributed by atoms with Gasteiger partial charge in [0, 0.05) is 18.7 Å². The molecule has 2 rings (SSSR count). The van der Waals surface area contributed by atoms with E-state index < -0.39 is 5.97 Å². The fourth-order valence-corrected chi connectivity index (χ4v) is 1.96. The summed E-state index contributed by atoms with van der Waals surface area (Å²) in [6.07, 6.45) is 0.991. The minimum Gasteiger partial charge on any atom is -0.476 e. The number of aromatic carboxylic acids is 1.